The second kappa shape index (κ2) is 4.56. The lowest BCUT2D eigenvalue weighted by Gasteiger charge is -2.29. The molecule has 0 radical (unpaired) electrons. The summed E-state index contributed by atoms with van der Waals surface area (Å²) in [7, 11) is 0. The van der Waals surface area contributed by atoms with E-state index >= 15 is 0 Å². The van der Waals surface area contributed by atoms with Crippen molar-refractivity contribution in [3.8, 4) is 11.1 Å². The summed E-state index contributed by atoms with van der Waals surface area (Å²) < 4.78 is 55.0. The van der Waals surface area contributed by atoms with Crippen LogP contribution >= 0.6 is 0 Å². The van der Waals surface area contributed by atoms with Gasteiger partial charge in [0.1, 0.15) is 11.6 Å². The molecular weight excluding hydrogens is 294 g/mol. The van der Waals surface area contributed by atoms with E-state index in [0.29, 0.717) is 35.8 Å². The third kappa shape index (κ3) is 1.88. The average molecular weight is 307 g/mol. The maximum atomic E-state index is 14.3. The Balaban J connectivity index is 1.96. The van der Waals surface area contributed by atoms with Crippen molar-refractivity contribution >= 4 is 0 Å². The molecule has 1 nitrogen and oxygen atoms in total. The lowest BCUT2D eigenvalue weighted by molar-refractivity contribution is 0.490. The highest BCUT2D eigenvalue weighted by Crippen LogP contribution is 2.52. The van der Waals surface area contributed by atoms with Gasteiger partial charge in [-0.25, -0.2) is 17.6 Å². The summed E-state index contributed by atoms with van der Waals surface area (Å²) >= 11 is 0. The molecule has 0 aromatic heterocycles. The molecule has 1 fully saturated rings. The van der Waals surface area contributed by atoms with Crippen molar-refractivity contribution < 1.29 is 17.6 Å². The van der Waals surface area contributed by atoms with E-state index in [1.165, 1.54) is 12.1 Å². The topological polar surface area (TPSA) is 12.0 Å². The summed E-state index contributed by atoms with van der Waals surface area (Å²) in [5.41, 5.74) is 1.42. The van der Waals surface area contributed by atoms with Crippen LogP contribution in [0, 0.1) is 23.3 Å². The highest BCUT2D eigenvalue weighted by Gasteiger charge is 2.49. The Bertz CT molecular complexity index is 781. The van der Waals surface area contributed by atoms with Crippen molar-refractivity contribution in [2.45, 2.75) is 24.8 Å². The first-order chi connectivity index (χ1) is 10.5. The molecule has 0 saturated heterocycles. The molecule has 22 heavy (non-hydrogen) atoms. The summed E-state index contributed by atoms with van der Waals surface area (Å²) in [6.45, 7) is 1.09. The van der Waals surface area contributed by atoms with Gasteiger partial charge in [0.2, 0.25) is 0 Å². The van der Waals surface area contributed by atoms with Crippen LogP contribution in [0.15, 0.2) is 24.3 Å². The van der Waals surface area contributed by atoms with E-state index in [9.17, 15) is 17.6 Å². The first-order valence-corrected chi connectivity index (χ1v) is 7.19. The van der Waals surface area contributed by atoms with Gasteiger partial charge in [0.05, 0.1) is 0 Å². The minimum atomic E-state index is -1.23. The van der Waals surface area contributed by atoms with Crippen molar-refractivity contribution in [1.82, 2.24) is 5.32 Å². The first kappa shape index (κ1) is 13.8. The van der Waals surface area contributed by atoms with Gasteiger partial charge in [-0.05, 0) is 36.1 Å². The maximum absolute atomic E-state index is 14.3. The van der Waals surface area contributed by atoms with Gasteiger partial charge >= 0.3 is 0 Å². The Morgan fingerprint density at radius 1 is 0.818 bits per heavy atom. The Morgan fingerprint density at radius 3 is 2.27 bits per heavy atom. The quantitative estimate of drug-likeness (QED) is 0.619. The molecule has 0 atom stereocenters. The molecule has 4 rings (SSSR count). The van der Waals surface area contributed by atoms with Crippen molar-refractivity contribution in [3.63, 3.8) is 0 Å². The number of hydrogen-bond acceptors (Lipinski definition) is 1. The molecule has 1 spiro atoms. The van der Waals surface area contributed by atoms with Gasteiger partial charge in [-0.1, -0.05) is 6.07 Å². The number of rotatable bonds is 1. The molecule has 0 unspecified atom stereocenters. The van der Waals surface area contributed by atoms with Gasteiger partial charge in [0, 0.05) is 35.7 Å². The second-order valence-corrected chi connectivity index (χ2v) is 6.08. The van der Waals surface area contributed by atoms with Crippen molar-refractivity contribution in [3.05, 3.63) is 58.7 Å². The molecule has 0 bridgehead atoms. The van der Waals surface area contributed by atoms with E-state index in [-0.39, 0.29) is 16.8 Å². The summed E-state index contributed by atoms with van der Waals surface area (Å²) in [4.78, 5) is 0. The Labute approximate surface area is 125 Å². The van der Waals surface area contributed by atoms with Crippen molar-refractivity contribution in [1.29, 1.82) is 0 Å². The summed E-state index contributed by atoms with van der Waals surface area (Å²) in [5.74, 6) is -3.49. The van der Waals surface area contributed by atoms with Crippen LogP contribution in [-0.4, -0.2) is 6.54 Å². The first-order valence-electron chi connectivity index (χ1n) is 7.19. The number of hydrogen-bond donors (Lipinski definition) is 1. The maximum Gasteiger partial charge on any atom is 0.161 e. The van der Waals surface area contributed by atoms with Gasteiger partial charge in [-0.15, -0.1) is 0 Å². The molecule has 1 aliphatic carbocycles. The summed E-state index contributed by atoms with van der Waals surface area (Å²) in [6, 6.07) is 4.10. The zero-order chi connectivity index (χ0) is 15.5. The van der Waals surface area contributed by atoms with Crippen LogP contribution in [-0.2, 0) is 12.0 Å². The predicted molar refractivity (Wildman–Crippen MR) is 74.3 cm³/mol. The van der Waals surface area contributed by atoms with Crippen LogP contribution in [0.1, 0.15) is 24.0 Å². The molecule has 114 valence electrons. The molecular formula is C17H13F4N. The van der Waals surface area contributed by atoms with E-state index < -0.39 is 17.5 Å². The van der Waals surface area contributed by atoms with Crippen LogP contribution < -0.4 is 5.32 Å². The largest absolute Gasteiger partial charge is 0.312 e. The van der Waals surface area contributed by atoms with E-state index in [2.05, 4.69) is 5.32 Å². The van der Waals surface area contributed by atoms with Crippen LogP contribution in [0.3, 0.4) is 0 Å². The summed E-state index contributed by atoms with van der Waals surface area (Å²) in [5, 5.41) is 3.22. The second-order valence-electron chi connectivity index (χ2n) is 6.08. The smallest absolute Gasteiger partial charge is 0.161 e. The standard InChI is InChI=1S/C17H13F4N/c18-12-2-1-9(10-5-14(20)15(21)6-13(10)19)11-7-22-8-17(3-4-17)16(11)12/h1-2,5-6,22H,3-4,7-8H2. The molecule has 0 amide bonds. The fourth-order valence-corrected chi connectivity index (χ4v) is 3.45. The highest BCUT2D eigenvalue weighted by molar-refractivity contribution is 5.71. The fourth-order valence-electron chi connectivity index (χ4n) is 3.45. The van der Waals surface area contributed by atoms with Gasteiger partial charge in [0.15, 0.2) is 11.6 Å². The molecule has 2 aromatic carbocycles. The van der Waals surface area contributed by atoms with Gasteiger partial charge in [-0.2, -0.15) is 0 Å². The van der Waals surface area contributed by atoms with E-state index in [1.54, 1.807) is 0 Å². The average Bonchev–Trinajstić information content (AvgIpc) is 3.24. The van der Waals surface area contributed by atoms with Crippen LogP contribution in [0.25, 0.3) is 11.1 Å². The molecule has 2 aliphatic rings. The SMILES string of the molecule is Fc1cc(F)c(-c2ccc(F)c3c2CNCC32CC2)cc1F. The van der Waals surface area contributed by atoms with E-state index in [1.807, 2.05) is 0 Å². The Hall–Kier alpha value is -1.88. The van der Waals surface area contributed by atoms with Crippen LogP contribution in [0.4, 0.5) is 17.6 Å². The van der Waals surface area contributed by atoms with Crippen molar-refractivity contribution in [2.75, 3.05) is 6.54 Å². The third-order valence-electron chi connectivity index (χ3n) is 4.71. The molecule has 1 saturated carbocycles. The minimum absolute atomic E-state index is 0.0327. The van der Waals surface area contributed by atoms with Crippen LogP contribution in [0.5, 0.6) is 0 Å². The number of halogens is 4. The zero-order valence-corrected chi connectivity index (χ0v) is 11.6. The van der Waals surface area contributed by atoms with Crippen molar-refractivity contribution in [2.24, 2.45) is 0 Å². The highest BCUT2D eigenvalue weighted by atomic mass is 19.2. The Morgan fingerprint density at radius 2 is 1.55 bits per heavy atom. The number of nitrogens with one attached hydrogen (secondary N) is 1. The minimum Gasteiger partial charge on any atom is -0.312 e. The van der Waals surface area contributed by atoms with Gasteiger partial charge in [-0.3, -0.25) is 0 Å². The molecule has 5 heteroatoms. The third-order valence-corrected chi connectivity index (χ3v) is 4.71. The van der Waals surface area contributed by atoms with E-state index in [0.717, 1.165) is 18.9 Å². The normalized spacial score (nSPS) is 18.4. The Kier molecular flexibility index (Phi) is 2.85. The molecule has 1 N–H and O–H groups in total. The number of benzene rings is 2. The molecule has 1 heterocycles. The summed E-state index contributed by atoms with van der Waals surface area (Å²) in [6.07, 6.45) is 1.77. The number of fused-ring (bicyclic) bond motifs is 2. The van der Waals surface area contributed by atoms with Gasteiger partial charge in [0.25, 0.3) is 0 Å². The monoisotopic (exact) mass is 307 g/mol. The zero-order valence-electron chi connectivity index (χ0n) is 11.6. The fraction of sp³-hybridized carbons (Fsp3) is 0.294. The van der Waals surface area contributed by atoms with E-state index in [4.69, 9.17) is 0 Å². The van der Waals surface area contributed by atoms with Gasteiger partial charge < -0.3 is 5.32 Å². The molecule has 1 aliphatic heterocycles. The molecule has 2 aromatic rings. The van der Waals surface area contributed by atoms with Crippen LogP contribution in [0.2, 0.25) is 0 Å². The lowest BCUT2D eigenvalue weighted by atomic mass is 9.83. The predicted octanol–water partition coefficient (Wildman–Crippen LogP) is 4.04. The lowest BCUT2D eigenvalue weighted by Crippen LogP contribution is -2.34.